The van der Waals surface area contributed by atoms with Crippen LogP contribution in [0.4, 0.5) is 0 Å². The third kappa shape index (κ3) is 4.71. The van der Waals surface area contributed by atoms with Gasteiger partial charge in [0.05, 0.1) is 6.61 Å². The van der Waals surface area contributed by atoms with Gasteiger partial charge in [-0.1, -0.05) is 24.2 Å². The van der Waals surface area contributed by atoms with Gasteiger partial charge in [-0.2, -0.15) is 4.98 Å². The van der Waals surface area contributed by atoms with Gasteiger partial charge in [0.15, 0.2) is 5.82 Å². The lowest BCUT2D eigenvalue weighted by Crippen LogP contribution is -2.17. The summed E-state index contributed by atoms with van der Waals surface area (Å²) in [5.74, 6) is 1.66. The highest BCUT2D eigenvalue weighted by molar-refractivity contribution is 5.27. The van der Waals surface area contributed by atoms with Crippen LogP contribution in [-0.4, -0.2) is 23.3 Å². The second kappa shape index (κ2) is 7.53. The standard InChI is InChI=1S/C14H19N3O2/c1-2-9-18-13-5-3-12(4-6-13)10-15-8-7-14-16-11-19-17-14/h3-6,11,15H,2,7-10H2,1H3. The Morgan fingerprint density at radius 1 is 1.26 bits per heavy atom. The average Bonchev–Trinajstić information content (AvgIpc) is 2.96. The van der Waals surface area contributed by atoms with Gasteiger partial charge in [0.25, 0.3) is 0 Å². The zero-order valence-electron chi connectivity index (χ0n) is 11.1. The second-order valence-electron chi connectivity index (χ2n) is 4.27. The molecule has 1 heterocycles. The summed E-state index contributed by atoms with van der Waals surface area (Å²) < 4.78 is 10.2. The fraction of sp³-hybridized carbons (Fsp3) is 0.429. The number of ether oxygens (including phenoxy) is 1. The molecule has 0 atom stereocenters. The maximum atomic E-state index is 5.54. The molecule has 0 unspecified atom stereocenters. The lowest BCUT2D eigenvalue weighted by molar-refractivity contribution is 0.317. The topological polar surface area (TPSA) is 60.2 Å². The predicted octanol–water partition coefficient (Wildman–Crippen LogP) is 2.19. The first-order valence-corrected chi connectivity index (χ1v) is 6.56. The van der Waals surface area contributed by atoms with Crippen LogP contribution in [0.2, 0.25) is 0 Å². The van der Waals surface area contributed by atoms with E-state index in [1.54, 1.807) is 0 Å². The van der Waals surface area contributed by atoms with E-state index < -0.39 is 0 Å². The fourth-order valence-electron chi connectivity index (χ4n) is 1.66. The van der Waals surface area contributed by atoms with E-state index in [9.17, 15) is 0 Å². The maximum Gasteiger partial charge on any atom is 0.213 e. The van der Waals surface area contributed by atoms with Crippen molar-refractivity contribution in [3.05, 3.63) is 42.0 Å². The van der Waals surface area contributed by atoms with Crippen LogP contribution in [-0.2, 0) is 13.0 Å². The molecule has 0 spiro atoms. The molecule has 1 aromatic carbocycles. The second-order valence-corrected chi connectivity index (χ2v) is 4.27. The SMILES string of the molecule is CCCOc1ccc(CNCCc2ncon2)cc1. The minimum absolute atomic E-state index is 0.732. The molecule has 5 heteroatoms. The van der Waals surface area contributed by atoms with Crippen LogP contribution in [0.25, 0.3) is 0 Å². The first-order chi connectivity index (χ1) is 9.38. The fourth-order valence-corrected chi connectivity index (χ4v) is 1.66. The molecular weight excluding hydrogens is 242 g/mol. The molecule has 0 bridgehead atoms. The van der Waals surface area contributed by atoms with Crippen LogP contribution in [0.5, 0.6) is 5.75 Å². The third-order valence-corrected chi connectivity index (χ3v) is 2.66. The van der Waals surface area contributed by atoms with Gasteiger partial charge in [0.1, 0.15) is 5.75 Å². The van der Waals surface area contributed by atoms with E-state index in [-0.39, 0.29) is 0 Å². The van der Waals surface area contributed by atoms with Crippen molar-refractivity contribution in [1.82, 2.24) is 15.5 Å². The summed E-state index contributed by atoms with van der Waals surface area (Å²) in [7, 11) is 0. The molecule has 2 rings (SSSR count). The van der Waals surface area contributed by atoms with Crippen molar-refractivity contribution in [3.8, 4) is 5.75 Å². The van der Waals surface area contributed by atoms with Gasteiger partial charge >= 0.3 is 0 Å². The molecule has 102 valence electrons. The van der Waals surface area contributed by atoms with Gasteiger partial charge in [0.2, 0.25) is 6.39 Å². The Morgan fingerprint density at radius 2 is 2.11 bits per heavy atom. The molecule has 0 aliphatic rings. The maximum absolute atomic E-state index is 5.54. The summed E-state index contributed by atoms with van der Waals surface area (Å²) in [5.41, 5.74) is 1.23. The van der Waals surface area contributed by atoms with E-state index >= 15 is 0 Å². The Hall–Kier alpha value is -1.88. The first kappa shape index (κ1) is 13.5. The highest BCUT2D eigenvalue weighted by Crippen LogP contribution is 2.12. The molecule has 19 heavy (non-hydrogen) atoms. The Labute approximate surface area is 113 Å². The van der Waals surface area contributed by atoms with E-state index in [1.165, 1.54) is 12.0 Å². The molecular formula is C14H19N3O2. The molecule has 0 amide bonds. The van der Waals surface area contributed by atoms with E-state index in [4.69, 9.17) is 4.74 Å². The lowest BCUT2D eigenvalue weighted by Gasteiger charge is -2.06. The Kier molecular flexibility index (Phi) is 5.37. The largest absolute Gasteiger partial charge is 0.494 e. The summed E-state index contributed by atoms with van der Waals surface area (Å²) in [6.07, 6.45) is 3.15. The highest BCUT2D eigenvalue weighted by Gasteiger charge is 1.98. The number of hydrogen-bond acceptors (Lipinski definition) is 5. The summed E-state index contributed by atoms with van der Waals surface area (Å²) in [4.78, 5) is 3.97. The molecule has 0 saturated carbocycles. The number of aromatic nitrogens is 2. The molecule has 0 fully saturated rings. The van der Waals surface area contributed by atoms with Gasteiger partial charge in [-0.05, 0) is 24.1 Å². The van der Waals surface area contributed by atoms with Crippen LogP contribution in [0.15, 0.2) is 35.2 Å². The van der Waals surface area contributed by atoms with Crippen molar-refractivity contribution in [1.29, 1.82) is 0 Å². The Balaban J connectivity index is 1.68. The van der Waals surface area contributed by atoms with Crippen molar-refractivity contribution in [2.75, 3.05) is 13.2 Å². The number of benzene rings is 1. The summed E-state index contributed by atoms with van der Waals surface area (Å²) in [5, 5.41) is 7.10. The van der Waals surface area contributed by atoms with E-state index in [0.717, 1.165) is 44.1 Å². The number of nitrogens with one attached hydrogen (secondary N) is 1. The Morgan fingerprint density at radius 3 is 2.79 bits per heavy atom. The molecule has 2 aromatic rings. The molecule has 0 radical (unpaired) electrons. The van der Waals surface area contributed by atoms with Crippen molar-refractivity contribution < 1.29 is 9.26 Å². The first-order valence-electron chi connectivity index (χ1n) is 6.56. The minimum Gasteiger partial charge on any atom is -0.494 e. The van der Waals surface area contributed by atoms with E-state index in [2.05, 4.69) is 39.0 Å². The molecule has 0 aliphatic carbocycles. The van der Waals surface area contributed by atoms with Crippen LogP contribution < -0.4 is 10.1 Å². The van der Waals surface area contributed by atoms with Gasteiger partial charge in [-0.15, -0.1) is 0 Å². The number of nitrogens with zero attached hydrogens (tertiary/aromatic N) is 2. The zero-order chi connectivity index (χ0) is 13.3. The van der Waals surface area contributed by atoms with Crippen LogP contribution in [0.1, 0.15) is 24.7 Å². The summed E-state index contributed by atoms with van der Waals surface area (Å²) in [6, 6.07) is 8.16. The molecule has 0 aliphatic heterocycles. The predicted molar refractivity (Wildman–Crippen MR) is 71.9 cm³/mol. The van der Waals surface area contributed by atoms with Crippen LogP contribution in [0, 0.1) is 0 Å². The van der Waals surface area contributed by atoms with Crippen molar-refractivity contribution in [2.24, 2.45) is 0 Å². The van der Waals surface area contributed by atoms with Crippen LogP contribution in [0.3, 0.4) is 0 Å². The summed E-state index contributed by atoms with van der Waals surface area (Å²) in [6.45, 7) is 4.52. The van der Waals surface area contributed by atoms with Gasteiger partial charge in [-0.3, -0.25) is 0 Å². The third-order valence-electron chi connectivity index (χ3n) is 2.66. The zero-order valence-corrected chi connectivity index (χ0v) is 11.1. The quantitative estimate of drug-likeness (QED) is 0.738. The van der Waals surface area contributed by atoms with Crippen molar-refractivity contribution in [3.63, 3.8) is 0 Å². The van der Waals surface area contributed by atoms with Crippen LogP contribution >= 0.6 is 0 Å². The van der Waals surface area contributed by atoms with E-state index in [1.807, 2.05) is 12.1 Å². The highest BCUT2D eigenvalue weighted by atomic mass is 16.5. The molecule has 1 aromatic heterocycles. The average molecular weight is 261 g/mol. The summed E-state index contributed by atoms with van der Waals surface area (Å²) >= 11 is 0. The normalized spacial score (nSPS) is 10.6. The Bertz CT molecular complexity index is 454. The lowest BCUT2D eigenvalue weighted by atomic mass is 10.2. The van der Waals surface area contributed by atoms with E-state index in [0.29, 0.717) is 0 Å². The minimum atomic E-state index is 0.732. The van der Waals surface area contributed by atoms with Gasteiger partial charge in [0, 0.05) is 19.5 Å². The monoisotopic (exact) mass is 261 g/mol. The molecule has 0 saturated heterocycles. The number of hydrogen-bond donors (Lipinski definition) is 1. The smallest absolute Gasteiger partial charge is 0.213 e. The number of rotatable bonds is 8. The van der Waals surface area contributed by atoms with Crippen molar-refractivity contribution >= 4 is 0 Å². The molecule has 5 nitrogen and oxygen atoms in total. The van der Waals surface area contributed by atoms with Gasteiger partial charge < -0.3 is 14.6 Å². The molecule has 1 N–H and O–H groups in total. The van der Waals surface area contributed by atoms with Crippen molar-refractivity contribution in [2.45, 2.75) is 26.3 Å². The van der Waals surface area contributed by atoms with Gasteiger partial charge in [-0.25, -0.2) is 0 Å².